The summed E-state index contributed by atoms with van der Waals surface area (Å²) >= 11 is 0. The van der Waals surface area contributed by atoms with Crippen molar-refractivity contribution in [3.63, 3.8) is 0 Å². The largest absolute Gasteiger partial charge is 0.481 e. The lowest BCUT2D eigenvalue weighted by molar-refractivity contribution is -0.141. The van der Waals surface area contributed by atoms with Crippen molar-refractivity contribution >= 4 is 11.9 Å². The van der Waals surface area contributed by atoms with Gasteiger partial charge in [0.2, 0.25) is 5.91 Å². The highest BCUT2D eigenvalue weighted by molar-refractivity contribution is 5.80. The Morgan fingerprint density at radius 3 is 2.29 bits per heavy atom. The van der Waals surface area contributed by atoms with Gasteiger partial charge in [0.15, 0.2) is 0 Å². The molecule has 1 aliphatic carbocycles. The maximum atomic E-state index is 11.8. The Morgan fingerprint density at radius 2 is 1.82 bits per heavy atom. The van der Waals surface area contributed by atoms with Crippen molar-refractivity contribution < 1.29 is 14.7 Å². The van der Waals surface area contributed by atoms with Gasteiger partial charge in [0.25, 0.3) is 0 Å². The van der Waals surface area contributed by atoms with Crippen molar-refractivity contribution in [3.05, 3.63) is 0 Å². The first-order valence-electron chi connectivity index (χ1n) is 6.30. The second-order valence-corrected chi connectivity index (χ2v) is 6.15. The van der Waals surface area contributed by atoms with E-state index in [1.807, 2.05) is 0 Å². The third-order valence-corrected chi connectivity index (χ3v) is 3.33. The van der Waals surface area contributed by atoms with Gasteiger partial charge in [-0.2, -0.15) is 0 Å². The highest BCUT2D eigenvalue weighted by Gasteiger charge is 2.33. The van der Waals surface area contributed by atoms with Crippen molar-refractivity contribution in [3.8, 4) is 0 Å². The zero-order chi connectivity index (χ0) is 13.1. The smallest absolute Gasteiger partial charge is 0.306 e. The zero-order valence-corrected chi connectivity index (χ0v) is 11.0. The number of carbonyl (C=O) groups is 2. The van der Waals surface area contributed by atoms with Crippen molar-refractivity contribution in [2.45, 2.75) is 46.5 Å². The van der Waals surface area contributed by atoms with E-state index in [-0.39, 0.29) is 23.2 Å². The summed E-state index contributed by atoms with van der Waals surface area (Å²) in [4.78, 5) is 22.6. The van der Waals surface area contributed by atoms with E-state index in [1.54, 1.807) is 0 Å². The number of carbonyl (C=O) groups excluding carboxylic acids is 1. The molecule has 0 aromatic heterocycles. The van der Waals surface area contributed by atoms with E-state index in [0.717, 1.165) is 6.42 Å². The number of carboxylic acid groups (broad SMARTS) is 1. The molecule has 4 nitrogen and oxygen atoms in total. The van der Waals surface area contributed by atoms with Crippen molar-refractivity contribution in [1.29, 1.82) is 0 Å². The molecule has 17 heavy (non-hydrogen) atoms. The van der Waals surface area contributed by atoms with E-state index >= 15 is 0 Å². The molecule has 0 aromatic carbocycles. The maximum absolute atomic E-state index is 11.8. The first-order chi connectivity index (χ1) is 7.79. The summed E-state index contributed by atoms with van der Waals surface area (Å²) in [6, 6.07) is 0. The number of nitrogens with one attached hydrogen (secondary N) is 1. The Bertz CT molecular complexity index is 294. The van der Waals surface area contributed by atoms with E-state index < -0.39 is 5.97 Å². The van der Waals surface area contributed by atoms with Gasteiger partial charge < -0.3 is 10.4 Å². The molecule has 98 valence electrons. The van der Waals surface area contributed by atoms with Crippen LogP contribution < -0.4 is 5.32 Å². The summed E-state index contributed by atoms with van der Waals surface area (Å²) in [5.41, 5.74) is 0.215. The number of amides is 1. The molecule has 1 amide bonds. The predicted octanol–water partition coefficient (Wildman–Crippen LogP) is 2.04. The minimum Gasteiger partial charge on any atom is -0.481 e. The molecular formula is C13H23NO3. The quantitative estimate of drug-likeness (QED) is 0.791. The monoisotopic (exact) mass is 241 g/mol. The lowest BCUT2D eigenvalue weighted by atomic mass is 9.92. The van der Waals surface area contributed by atoms with Crippen LogP contribution in [-0.2, 0) is 9.59 Å². The summed E-state index contributed by atoms with van der Waals surface area (Å²) in [5.74, 6) is -1.17. The molecule has 0 unspecified atom stereocenters. The molecule has 0 spiro atoms. The van der Waals surface area contributed by atoms with Crippen LogP contribution in [0.5, 0.6) is 0 Å². The summed E-state index contributed by atoms with van der Waals surface area (Å²) in [7, 11) is 0. The van der Waals surface area contributed by atoms with Gasteiger partial charge in [-0.05, 0) is 31.1 Å². The van der Waals surface area contributed by atoms with Crippen molar-refractivity contribution in [2.75, 3.05) is 6.54 Å². The van der Waals surface area contributed by atoms with E-state index in [4.69, 9.17) is 5.11 Å². The van der Waals surface area contributed by atoms with Gasteiger partial charge in [-0.25, -0.2) is 0 Å². The second-order valence-electron chi connectivity index (χ2n) is 6.15. The van der Waals surface area contributed by atoms with Gasteiger partial charge in [0, 0.05) is 12.5 Å². The fourth-order valence-electron chi connectivity index (χ4n) is 2.15. The SMILES string of the molecule is CC(C)(C)CCNC(=O)[C@@H]1CC[C@H](C(=O)O)C1. The van der Waals surface area contributed by atoms with Crippen LogP contribution in [0.3, 0.4) is 0 Å². The highest BCUT2D eigenvalue weighted by atomic mass is 16.4. The molecule has 0 aliphatic heterocycles. The lowest BCUT2D eigenvalue weighted by Crippen LogP contribution is -2.32. The van der Waals surface area contributed by atoms with Crippen LogP contribution in [-0.4, -0.2) is 23.5 Å². The number of aliphatic carboxylic acids is 1. The Balaban J connectivity index is 2.28. The average molecular weight is 241 g/mol. The highest BCUT2D eigenvalue weighted by Crippen LogP contribution is 2.31. The first kappa shape index (κ1) is 14.0. The number of carboxylic acids is 1. The third kappa shape index (κ3) is 4.75. The second kappa shape index (κ2) is 5.52. The van der Waals surface area contributed by atoms with Gasteiger partial charge in [0.05, 0.1) is 5.92 Å². The molecular weight excluding hydrogens is 218 g/mol. The first-order valence-corrected chi connectivity index (χ1v) is 6.30. The molecule has 1 saturated carbocycles. The van der Waals surface area contributed by atoms with Crippen LogP contribution in [0.1, 0.15) is 46.5 Å². The van der Waals surface area contributed by atoms with Crippen molar-refractivity contribution in [2.24, 2.45) is 17.3 Å². The molecule has 0 radical (unpaired) electrons. The van der Waals surface area contributed by atoms with Gasteiger partial charge in [0.1, 0.15) is 0 Å². The molecule has 0 bridgehead atoms. The van der Waals surface area contributed by atoms with Crippen LogP contribution in [0.2, 0.25) is 0 Å². The van der Waals surface area contributed by atoms with Crippen LogP contribution >= 0.6 is 0 Å². The van der Waals surface area contributed by atoms with E-state index in [1.165, 1.54) is 0 Å². The Labute approximate surface area is 103 Å². The molecule has 2 N–H and O–H groups in total. The minimum absolute atomic E-state index is 0.0259. The Kier molecular flexibility index (Phi) is 4.54. The molecule has 0 heterocycles. The van der Waals surface area contributed by atoms with Crippen LogP contribution in [0.25, 0.3) is 0 Å². The third-order valence-electron chi connectivity index (χ3n) is 3.33. The number of hydrogen-bond acceptors (Lipinski definition) is 2. The maximum Gasteiger partial charge on any atom is 0.306 e. The van der Waals surface area contributed by atoms with E-state index in [2.05, 4.69) is 26.1 Å². The summed E-state index contributed by atoms with van der Waals surface area (Å²) < 4.78 is 0. The fourth-order valence-corrected chi connectivity index (χ4v) is 2.15. The normalized spacial score (nSPS) is 24.6. The number of hydrogen-bond donors (Lipinski definition) is 2. The van der Waals surface area contributed by atoms with Crippen LogP contribution in [0.4, 0.5) is 0 Å². The molecule has 4 heteroatoms. The fraction of sp³-hybridized carbons (Fsp3) is 0.846. The zero-order valence-electron chi connectivity index (χ0n) is 11.0. The molecule has 1 fully saturated rings. The summed E-state index contributed by atoms with van der Waals surface area (Å²) in [5, 5.41) is 11.8. The minimum atomic E-state index is -0.769. The summed E-state index contributed by atoms with van der Waals surface area (Å²) in [6.07, 6.45) is 2.77. The Hall–Kier alpha value is -1.06. The van der Waals surface area contributed by atoms with Crippen LogP contribution in [0, 0.1) is 17.3 Å². The topological polar surface area (TPSA) is 66.4 Å². The van der Waals surface area contributed by atoms with Crippen molar-refractivity contribution in [1.82, 2.24) is 5.32 Å². The molecule has 1 rings (SSSR count). The lowest BCUT2D eigenvalue weighted by Gasteiger charge is -2.19. The molecule has 1 aliphatic rings. The average Bonchev–Trinajstić information content (AvgIpc) is 2.63. The van der Waals surface area contributed by atoms with Gasteiger partial charge in [-0.15, -0.1) is 0 Å². The molecule has 0 saturated heterocycles. The van der Waals surface area contributed by atoms with Gasteiger partial charge in [-0.1, -0.05) is 20.8 Å². The Morgan fingerprint density at radius 1 is 1.24 bits per heavy atom. The van der Waals surface area contributed by atoms with Crippen LogP contribution in [0.15, 0.2) is 0 Å². The molecule has 0 aromatic rings. The predicted molar refractivity (Wildman–Crippen MR) is 65.5 cm³/mol. The standard InChI is InChI=1S/C13H23NO3/c1-13(2,3)6-7-14-11(15)9-4-5-10(8-9)12(16)17/h9-10H,4-8H2,1-3H3,(H,14,15)(H,16,17)/t9-,10+/m1/s1. The van der Waals surface area contributed by atoms with E-state index in [9.17, 15) is 9.59 Å². The number of rotatable bonds is 4. The summed E-state index contributed by atoms with van der Waals surface area (Å²) in [6.45, 7) is 7.08. The van der Waals surface area contributed by atoms with Gasteiger partial charge in [-0.3, -0.25) is 9.59 Å². The van der Waals surface area contributed by atoms with Gasteiger partial charge >= 0.3 is 5.97 Å². The molecule has 2 atom stereocenters. The van der Waals surface area contributed by atoms with E-state index in [0.29, 0.717) is 25.8 Å².